The molecular weight excluding hydrogens is 194 g/mol. The van der Waals surface area contributed by atoms with E-state index < -0.39 is 0 Å². The molecule has 1 aromatic carbocycles. The van der Waals surface area contributed by atoms with Crippen molar-refractivity contribution in [2.45, 2.75) is 0 Å². The predicted octanol–water partition coefficient (Wildman–Crippen LogP) is 0.591. The molecule has 2 aromatic rings. The summed E-state index contributed by atoms with van der Waals surface area (Å²) < 4.78 is 1.73. The molecule has 5 heteroatoms. The van der Waals surface area contributed by atoms with E-state index in [1.54, 1.807) is 28.9 Å². The normalized spacial score (nSPS) is 14.5. The summed E-state index contributed by atoms with van der Waals surface area (Å²) in [6.45, 7) is 0.413. The average molecular weight is 203 g/mol. The first-order valence-corrected chi connectivity index (χ1v) is 4.62. The van der Waals surface area contributed by atoms with Crippen LogP contribution in [0.3, 0.4) is 0 Å². The molecule has 1 amide bonds. The molecule has 0 fully saturated rings. The summed E-state index contributed by atoms with van der Waals surface area (Å²) in [7, 11) is 0. The second kappa shape index (κ2) is 2.66. The third kappa shape index (κ3) is 1.06. The SMILES string of the molecule is O=C1NCNn2c1cc1cc(O)ccc12. The number of nitrogens with one attached hydrogen (secondary N) is 2. The second-order valence-electron chi connectivity index (χ2n) is 3.45. The maximum Gasteiger partial charge on any atom is 0.271 e. The van der Waals surface area contributed by atoms with Gasteiger partial charge in [-0.3, -0.25) is 9.47 Å². The number of aromatic hydroxyl groups is 1. The zero-order valence-corrected chi connectivity index (χ0v) is 7.82. The number of hydrogen-bond acceptors (Lipinski definition) is 3. The number of benzene rings is 1. The van der Waals surface area contributed by atoms with E-state index in [2.05, 4.69) is 10.7 Å². The highest BCUT2D eigenvalue weighted by molar-refractivity contribution is 6.00. The van der Waals surface area contributed by atoms with Gasteiger partial charge in [0.15, 0.2) is 0 Å². The van der Waals surface area contributed by atoms with Gasteiger partial charge in [0.1, 0.15) is 18.1 Å². The minimum absolute atomic E-state index is 0.107. The van der Waals surface area contributed by atoms with Crippen LogP contribution in [-0.2, 0) is 0 Å². The first-order chi connectivity index (χ1) is 7.25. The highest BCUT2D eigenvalue weighted by atomic mass is 16.3. The molecule has 2 heterocycles. The summed E-state index contributed by atoms with van der Waals surface area (Å²) in [6.07, 6.45) is 0. The topological polar surface area (TPSA) is 66.3 Å². The van der Waals surface area contributed by atoms with Gasteiger partial charge in [-0.05, 0) is 24.3 Å². The largest absolute Gasteiger partial charge is 0.508 e. The van der Waals surface area contributed by atoms with Crippen LogP contribution in [0.4, 0.5) is 0 Å². The number of amides is 1. The predicted molar refractivity (Wildman–Crippen MR) is 55.3 cm³/mol. The maximum absolute atomic E-state index is 11.5. The fourth-order valence-electron chi connectivity index (χ4n) is 1.83. The van der Waals surface area contributed by atoms with Crippen LogP contribution in [0.2, 0.25) is 0 Å². The Bertz CT molecular complexity index is 559. The zero-order valence-electron chi connectivity index (χ0n) is 7.82. The molecule has 0 saturated heterocycles. The minimum Gasteiger partial charge on any atom is -0.508 e. The summed E-state index contributed by atoms with van der Waals surface area (Å²) in [5.74, 6) is 0.0929. The van der Waals surface area contributed by atoms with Crippen molar-refractivity contribution < 1.29 is 9.90 Å². The Morgan fingerprint density at radius 1 is 1.33 bits per heavy atom. The summed E-state index contributed by atoms with van der Waals surface area (Å²) >= 11 is 0. The fourth-order valence-corrected chi connectivity index (χ4v) is 1.83. The van der Waals surface area contributed by atoms with Crippen molar-refractivity contribution in [1.82, 2.24) is 9.99 Å². The van der Waals surface area contributed by atoms with Gasteiger partial charge in [-0.1, -0.05) is 0 Å². The van der Waals surface area contributed by atoms with Gasteiger partial charge in [0.25, 0.3) is 5.91 Å². The average Bonchev–Trinajstić information content (AvgIpc) is 2.57. The van der Waals surface area contributed by atoms with Gasteiger partial charge in [0.05, 0.1) is 5.52 Å². The van der Waals surface area contributed by atoms with Crippen molar-refractivity contribution in [3.8, 4) is 5.75 Å². The lowest BCUT2D eigenvalue weighted by atomic mass is 10.2. The van der Waals surface area contributed by atoms with Crippen LogP contribution in [0.15, 0.2) is 24.3 Å². The van der Waals surface area contributed by atoms with Gasteiger partial charge in [-0.25, -0.2) is 0 Å². The van der Waals surface area contributed by atoms with Crippen LogP contribution in [-0.4, -0.2) is 22.4 Å². The molecule has 0 bridgehead atoms. The van der Waals surface area contributed by atoms with Crippen LogP contribution >= 0.6 is 0 Å². The van der Waals surface area contributed by atoms with Gasteiger partial charge < -0.3 is 15.8 Å². The van der Waals surface area contributed by atoms with E-state index in [0.29, 0.717) is 12.4 Å². The Morgan fingerprint density at radius 3 is 3.07 bits per heavy atom. The lowest BCUT2D eigenvalue weighted by Gasteiger charge is -2.18. The number of phenolic OH excluding ortho intramolecular Hbond substituents is 1. The first-order valence-electron chi connectivity index (χ1n) is 4.62. The molecule has 0 unspecified atom stereocenters. The number of aromatic nitrogens is 1. The van der Waals surface area contributed by atoms with E-state index in [9.17, 15) is 9.90 Å². The number of fused-ring (bicyclic) bond motifs is 3. The molecule has 0 radical (unpaired) electrons. The number of rotatable bonds is 0. The maximum atomic E-state index is 11.5. The van der Waals surface area contributed by atoms with Gasteiger partial charge in [0, 0.05) is 5.39 Å². The quantitative estimate of drug-likeness (QED) is 0.587. The van der Waals surface area contributed by atoms with Crippen LogP contribution < -0.4 is 10.7 Å². The Balaban J connectivity index is 2.35. The first kappa shape index (κ1) is 8.16. The van der Waals surface area contributed by atoms with E-state index in [0.717, 1.165) is 10.9 Å². The molecule has 1 aliphatic heterocycles. The minimum atomic E-state index is -0.107. The van der Waals surface area contributed by atoms with Crippen molar-refractivity contribution in [3.63, 3.8) is 0 Å². The number of nitrogens with zero attached hydrogens (tertiary/aromatic N) is 1. The van der Waals surface area contributed by atoms with Crippen molar-refractivity contribution in [2.24, 2.45) is 0 Å². The highest BCUT2D eigenvalue weighted by Gasteiger charge is 2.18. The molecule has 1 aliphatic rings. The molecular formula is C10H9N3O2. The lowest BCUT2D eigenvalue weighted by molar-refractivity contribution is 0.0937. The second-order valence-corrected chi connectivity index (χ2v) is 3.45. The van der Waals surface area contributed by atoms with Gasteiger partial charge in [0.2, 0.25) is 0 Å². The fraction of sp³-hybridized carbons (Fsp3) is 0.100. The van der Waals surface area contributed by atoms with E-state index in [-0.39, 0.29) is 11.7 Å². The Hall–Kier alpha value is -2.17. The summed E-state index contributed by atoms with van der Waals surface area (Å²) in [5.41, 5.74) is 4.48. The molecule has 1 aromatic heterocycles. The van der Waals surface area contributed by atoms with Crippen molar-refractivity contribution >= 4 is 16.8 Å². The van der Waals surface area contributed by atoms with Crippen LogP contribution in [0, 0.1) is 0 Å². The smallest absolute Gasteiger partial charge is 0.271 e. The summed E-state index contributed by atoms with van der Waals surface area (Å²) in [6, 6.07) is 6.76. The Labute approximate surface area is 85.3 Å². The monoisotopic (exact) mass is 203 g/mol. The van der Waals surface area contributed by atoms with Gasteiger partial charge >= 0.3 is 0 Å². The van der Waals surface area contributed by atoms with Gasteiger partial charge in [-0.2, -0.15) is 0 Å². The molecule has 0 spiro atoms. The molecule has 3 rings (SSSR count). The molecule has 0 saturated carbocycles. The Morgan fingerprint density at radius 2 is 2.20 bits per heavy atom. The van der Waals surface area contributed by atoms with Gasteiger partial charge in [-0.15, -0.1) is 0 Å². The molecule has 15 heavy (non-hydrogen) atoms. The molecule has 0 atom stereocenters. The number of hydrogen-bond donors (Lipinski definition) is 3. The number of carbonyl (C=O) groups is 1. The van der Waals surface area contributed by atoms with E-state index >= 15 is 0 Å². The third-order valence-electron chi connectivity index (χ3n) is 2.50. The molecule has 3 N–H and O–H groups in total. The van der Waals surface area contributed by atoms with Crippen molar-refractivity contribution in [1.29, 1.82) is 0 Å². The number of carbonyl (C=O) groups excluding carboxylic acids is 1. The Kier molecular flexibility index (Phi) is 1.45. The standard InChI is InChI=1S/C10H9N3O2/c14-7-1-2-8-6(3-7)4-9-10(15)11-5-12-13(8)9/h1-4,12,14H,5H2,(H,11,15). The van der Waals surface area contributed by atoms with Crippen LogP contribution in [0.1, 0.15) is 10.5 Å². The number of phenols is 1. The van der Waals surface area contributed by atoms with E-state index in [1.807, 2.05) is 0 Å². The summed E-state index contributed by atoms with van der Waals surface area (Å²) in [4.78, 5) is 11.5. The highest BCUT2D eigenvalue weighted by Crippen LogP contribution is 2.23. The van der Waals surface area contributed by atoms with Crippen molar-refractivity contribution in [3.05, 3.63) is 30.0 Å². The zero-order chi connectivity index (χ0) is 10.4. The third-order valence-corrected chi connectivity index (χ3v) is 2.50. The molecule has 0 aliphatic carbocycles. The van der Waals surface area contributed by atoms with E-state index in [1.165, 1.54) is 0 Å². The van der Waals surface area contributed by atoms with Crippen LogP contribution in [0.25, 0.3) is 10.9 Å². The summed E-state index contributed by atoms with van der Waals surface area (Å²) in [5, 5.41) is 12.8. The molecule has 76 valence electrons. The van der Waals surface area contributed by atoms with Crippen molar-refractivity contribution in [2.75, 3.05) is 12.1 Å². The molecule has 5 nitrogen and oxygen atoms in total. The lowest BCUT2D eigenvalue weighted by Crippen LogP contribution is -2.40. The van der Waals surface area contributed by atoms with E-state index in [4.69, 9.17) is 0 Å². The van der Waals surface area contributed by atoms with Crippen LogP contribution in [0.5, 0.6) is 5.75 Å².